The van der Waals surface area contributed by atoms with Crippen molar-refractivity contribution in [1.29, 1.82) is 0 Å². The molecular weight excluding hydrogens is 334 g/mol. The first-order chi connectivity index (χ1) is 12.7. The number of benzene rings is 2. The van der Waals surface area contributed by atoms with E-state index >= 15 is 0 Å². The Kier molecular flexibility index (Phi) is 5.38. The Morgan fingerprint density at radius 2 is 1.77 bits per heavy atom. The number of carbonyl (C=O) groups excluding carboxylic acids is 2. The number of anilines is 1. The monoisotopic (exact) mass is 351 g/mol. The zero-order chi connectivity index (χ0) is 18.4. The highest BCUT2D eigenvalue weighted by Crippen LogP contribution is 2.20. The lowest BCUT2D eigenvalue weighted by Gasteiger charge is -2.02. The van der Waals surface area contributed by atoms with E-state index in [1.54, 1.807) is 31.2 Å². The van der Waals surface area contributed by atoms with Crippen LogP contribution in [0, 0.1) is 0 Å². The normalized spacial score (nSPS) is 10.3. The first-order valence-electron chi connectivity index (χ1n) is 8.10. The van der Waals surface area contributed by atoms with Crippen molar-refractivity contribution in [3.63, 3.8) is 0 Å². The average molecular weight is 351 g/mol. The topological polar surface area (TPSA) is 94.3 Å². The standard InChI is InChI=1S/C19H17N3O4/c1-2-25-18(24)15-10-8-14(9-11-15)17-21-22-19(26-17)20-16(23)12-13-6-4-3-5-7-13/h3-11H,2,12H2,1H3,(H,20,22,23). The molecule has 7 heteroatoms. The fourth-order valence-electron chi connectivity index (χ4n) is 2.30. The molecule has 0 saturated heterocycles. The Hall–Kier alpha value is -3.48. The molecule has 0 spiro atoms. The maximum atomic E-state index is 12.0. The summed E-state index contributed by atoms with van der Waals surface area (Å²) in [5, 5.41) is 10.3. The number of hydrogen-bond acceptors (Lipinski definition) is 6. The van der Waals surface area contributed by atoms with E-state index in [0.717, 1.165) is 5.56 Å². The minimum atomic E-state index is -0.390. The minimum absolute atomic E-state index is 0.0235. The third-order valence-electron chi connectivity index (χ3n) is 3.52. The van der Waals surface area contributed by atoms with Gasteiger partial charge in [0.15, 0.2) is 0 Å². The summed E-state index contributed by atoms with van der Waals surface area (Å²) >= 11 is 0. The lowest BCUT2D eigenvalue weighted by atomic mass is 10.1. The molecule has 7 nitrogen and oxygen atoms in total. The number of hydrogen-bond donors (Lipinski definition) is 1. The fraction of sp³-hybridized carbons (Fsp3) is 0.158. The van der Waals surface area contributed by atoms with Crippen LogP contribution < -0.4 is 5.32 Å². The van der Waals surface area contributed by atoms with Gasteiger partial charge in [-0.3, -0.25) is 10.1 Å². The Morgan fingerprint density at radius 1 is 1.04 bits per heavy atom. The molecule has 0 aliphatic rings. The summed E-state index contributed by atoms with van der Waals surface area (Å²) in [5.74, 6) is -0.391. The van der Waals surface area contributed by atoms with Gasteiger partial charge in [-0.1, -0.05) is 35.4 Å². The molecule has 26 heavy (non-hydrogen) atoms. The third kappa shape index (κ3) is 4.32. The first-order valence-corrected chi connectivity index (χ1v) is 8.10. The van der Waals surface area contributed by atoms with Crippen molar-refractivity contribution in [2.45, 2.75) is 13.3 Å². The van der Waals surface area contributed by atoms with Crippen LogP contribution in [0.25, 0.3) is 11.5 Å². The predicted molar refractivity (Wildman–Crippen MR) is 94.5 cm³/mol. The highest BCUT2D eigenvalue weighted by molar-refractivity contribution is 5.90. The molecule has 0 atom stereocenters. The Morgan fingerprint density at radius 3 is 2.46 bits per heavy atom. The second-order valence-electron chi connectivity index (χ2n) is 5.42. The summed E-state index contributed by atoms with van der Waals surface area (Å²) in [5.41, 5.74) is 1.96. The highest BCUT2D eigenvalue weighted by atomic mass is 16.5. The van der Waals surface area contributed by atoms with Gasteiger partial charge < -0.3 is 9.15 Å². The smallest absolute Gasteiger partial charge is 0.338 e. The van der Waals surface area contributed by atoms with Gasteiger partial charge in [0.25, 0.3) is 0 Å². The van der Waals surface area contributed by atoms with Crippen molar-refractivity contribution in [3.05, 3.63) is 65.7 Å². The molecule has 0 radical (unpaired) electrons. The van der Waals surface area contributed by atoms with Gasteiger partial charge in [-0.05, 0) is 36.8 Å². The molecule has 1 amide bonds. The van der Waals surface area contributed by atoms with Gasteiger partial charge in [-0.2, -0.15) is 0 Å². The maximum Gasteiger partial charge on any atom is 0.338 e. The largest absolute Gasteiger partial charge is 0.462 e. The second-order valence-corrected chi connectivity index (χ2v) is 5.42. The molecule has 0 unspecified atom stereocenters. The van der Waals surface area contributed by atoms with Gasteiger partial charge in [-0.25, -0.2) is 4.79 Å². The van der Waals surface area contributed by atoms with E-state index in [1.165, 1.54) is 0 Å². The number of nitrogens with one attached hydrogen (secondary N) is 1. The molecule has 0 bridgehead atoms. The van der Waals surface area contributed by atoms with Crippen LogP contribution in [0.2, 0.25) is 0 Å². The summed E-state index contributed by atoms with van der Waals surface area (Å²) in [4.78, 5) is 23.7. The summed E-state index contributed by atoms with van der Waals surface area (Å²) in [6.07, 6.45) is 0.215. The van der Waals surface area contributed by atoms with Crippen molar-refractivity contribution in [1.82, 2.24) is 10.2 Å². The Bertz CT molecular complexity index is 889. The number of esters is 1. The number of ether oxygens (including phenoxy) is 1. The van der Waals surface area contributed by atoms with Crippen molar-refractivity contribution in [2.75, 3.05) is 11.9 Å². The van der Waals surface area contributed by atoms with Crippen molar-refractivity contribution in [3.8, 4) is 11.5 Å². The average Bonchev–Trinajstić information content (AvgIpc) is 3.11. The molecule has 132 valence electrons. The Labute approximate surface area is 150 Å². The van der Waals surface area contributed by atoms with Gasteiger partial charge in [0, 0.05) is 5.56 Å². The van der Waals surface area contributed by atoms with Crippen molar-refractivity contribution >= 4 is 17.9 Å². The van der Waals surface area contributed by atoms with Crippen molar-refractivity contribution in [2.24, 2.45) is 0 Å². The quantitative estimate of drug-likeness (QED) is 0.686. The fourth-order valence-corrected chi connectivity index (χ4v) is 2.30. The molecular formula is C19H17N3O4. The number of nitrogens with zero attached hydrogens (tertiary/aromatic N) is 2. The second kappa shape index (κ2) is 8.06. The molecule has 1 aromatic heterocycles. The van der Waals surface area contributed by atoms with E-state index in [-0.39, 0.29) is 24.2 Å². The van der Waals surface area contributed by atoms with Crippen molar-refractivity contribution < 1.29 is 18.7 Å². The number of aromatic nitrogens is 2. The summed E-state index contributed by atoms with van der Waals surface area (Å²) in [7, 11) is 0. The zero-order valence-corrected chi connectivity index (χ0v) is 14.1. The summed E-state index contributed by atoms with van der Waals surface area (Å²) in [6, 6.07) is 16.0. The summed E-state index contributed by atoms with van der Waals surface area (Å²) < 4.78 is 10.4. The predicted octanol–water partition coefficient (Wildman–Crippen LogP) is 3.09. The van der Waals surface area contributed by atoms with Gasteiger partial charge in [0.05, 0.1) is 18.6 Å². The van der Waals surface area contributed by atoms with Crippen LogP contribution in [0.5, 0.6) is 0 Å². The molecule has 0 aliphatic carbocycles. The molecule has 1 heterocycles. The molecule has 3 rings (SSSR count). The molecule has 0 aliphatic heterocycles. The number of carbonyl (C=O) groups is 2. The van der Waals surface area contributed by atoms with E-state index < -0.39 is 5.97 Å². The van der Waals surface area contributed by atoms with E-state index in [2.05, 4.69) is 15.5 Å². The van der Waals surface area contributed by atoms with Crippen LogP contribution in [-0.4, -0.2) is 28.7 Å². The number of amides is 1. The molecule has 0 saturated carbocycles. The lowest BCUT2D eigenvalue weighted by molar-refractivity contribution is -0.115. The van der Waals surface area contributed by atoms with Crippen LogP contribution in [-0.2, 0) is 16.0 Å². The highest BCUT2D eigenvalue weighted by Gasteiger charge is 2.13. The first kappa shape index (κ1) is 17.3. The van der Waals surface area contributed by atoms with Gasteiger partial charge in [-0.15, -0.1) is 5.10 Å². The van der Waals surface area contributed by atoms with E-state index in [9.17, 15) is 9.59 Å². The third-order valence-corrected chi connectivity index (χ3v) is 3.52. The molecule has 3 aromatic rings. The van der Waals surface area contributed by atoms with Crippen LogP contribution in [0.4, 0.5) is 6.01 Å². The van der Waals surface area contributed by atoms with Crippen LogP contribution >= 0.6 is 0 Å². The number of rotatable bonds is 6. The van der Waals surface area contributed by atoms with Gasteiger partial charge in [0.2, 0.25) is 11.8 Å². The Balaban J connectivity index is 1.64. The van der Waals surface area contributed by atoms with Crippen LogP contribution in [0.1, 0.15) is 22.8 Å². The van der Waals surface area contributed by atoms with E-state index in [1.807, 2.05) is 30.3 Å². The van der Waals surface area contributed by atoms with E-state index in [0.29, 0.717) is 17.7 Å². The van der Waals surface area contributed by atoms with Gasteiger partial charge >= 0.3 is 12.0 Å². The molecule has 2 aromatic carbocycles. The molecule has 0 fully saturated rings. The maximum absolute atomic E-state index is 12.0. The van der Waals surface area contributed by atoms with E-state index in [4.69, 9.17) is 9.15 Å². The van der Waals surface area contributed by atoms with Crippen LogP contribution in [0.3, 0.4) is 0 Å². The lowest BCUT2D eigenvalue weighted by Crippen LogP contribution is -2.14. The van der Waals surface area contributed by atoms with Gasteiger partial charge in [0.1, 0.15) is 0 Å². The van der Waals surface area contributed by atoms with Crippen LogP contribution in [0.15, 0.2) is 59.0 Å². The summed E-state index contributed by atoms with van der Waals surface area (Å²) in [6.45, 7) is 2.06. The SMILES string of the molecule is CCOC(=O)c1ccc(-c2nnc(NC(=O)Cc3ccccc3)o2)cc1. The minimum Gasteiger partial charge on any atom is -0.462 e. The zero-order valence-electron chi connectivity index (χ0n) is 14.1. The molecule has 1 N–H and O–H groups in total.